The van der Waals surface area contributed by atoms with Crippen LogP contribution in [0.2, 0.25) is 0 Å². The second kappa shape index (κ2) is 9.54. The number of carbonyl (C=O) groups is 2. The van der Waals surface area contributed by atoms with Gasteiger partial charge in [-0.2, -0.15) is 0 Å². The lowest BCUT2D eigenvalue weighted by Crippen LogP contribution is -2.31. The molecule has 1 aromatic heterocycles. The van der Waals surface area contributed by atoms with Crippen LogP contribution in [0.25, 0.3) is 5.76 Å². The number of ketones is 1. The van der Waals surface area contributed by atoms with E-state index >= 15 is 0 Å². The van der Waals surface area contributed by atoms with Crippen molar-refractivity contribution in [3.8, 4) is 5.75 Å². The molecule has 3 rings (SSSR count). The number of rotatable bonds is 8. The van der Waals surface area contributed by atoms with Crippen LogP contribution in [0.4, 0.5) is 0 Å². The molecule has 30 heavy (non-hydrogen) atoms. The molecule has 0 bridgehead atoms. The first-order valence-corrected chi connectivity index (χ1v) is 9.88. The molecule has 7 heteroatoms. The number of carbonyl (C=O) groups excluding carboxylic acids is 2. The van der Waals surface area contributed by atoms with Crippen molar-refractivity contribution in [3.05, 3.63) is 65.5 Å². The summed E-state index contributed by atoms with van der Waals surface area (Å²) in [6.45, 7) is 4.63. The highest BCUT2D eigenvalue weighted by molar-refractivity contribution is 6.46. The number of ether oxygens (including phenoxy) is 2. The second-order valence-electron chi connectivity index (χ2n) is 7.32. The number of benzene rings is 1. The molecular formula is C23H26N2O5. The maximum atomic E-state index is 12.9. The predicted octanol–water partition coefficient (Wildman–Crippen LogP) is 3.33. The Balaban J connectivity index is 2.02. The van der Waals surface area contributed by atoms with Gasteiger partial charge in [0.05, 0.1) is 17.7 Å². The Hall–Kier alpha value is -3.19. The Bertz CT molecular complexity index is 922. The van der Waals surface area contributed by atoms with Crippen LogP contribution in [0.3, 0.4) is 0 Å². The smallest absolute Gasteiger partial charge is 0.295 e. The summed E-state index contributed by atoms with van der Waals surface area (Å²) < 4.78 is 10.7. The summed E-state index contributed by atoms with van der Waals surface area (Å²) in [5.74, 6) is -0.902. The van der Waals surface area contributed by atoms with Crippen LogP contribution in [-0.2, 0) is 14.3 Å². The van der Waals surface area contributed by atoms with E-state index in [0.29, 0.717) is 36.4 Å². The van der Waals surface area contributed by atoms with Crippen LogP contribution >= 0.6 is 0 Å². The number of amides is 1. The summed E-state index contributed by atoms with van der Waals surface area (Å²) in [6, 6.07) is 9.62. The molecule has 7 nitrogen and oxygen atoms in total. The molecule has 0 spiro atoms. The van der Waals surface area contributed by atoms with Gasteiger partial charge in [-0.3, -0.25) is 14.6 Å². The van der Waals surface area contributed by atoms with Crippen LogP contribution in [0.1, 0.15) is 37.4 Å². The average molecular weight is 410 g/mol. The van der Waals surface area contributed by atoms with Gasteiger partial charge in [-0.15, -0.1) is 0 Å². The number of hydrogen-bond donors (Lipinski definition) is 1. The fourth-order valence-corrected chi connectivity index (χ4v) is 3.49. The van der Waals surface area contributed by atoms with Gasteiger partial charge in [0, 0.05) is 38.2 Å². The number of hydrogen-bond acceptors (Lipinski definition) is 6. The fourth-order valence-electron chi connectivity index (χ4n) is 3.49. The normalized spacial score (nSPS) is 18.3. The zero-order valence-corrected chi connectivity index (χ0v) is 17.4. The first kappa shape index (κ1) is 21.5. The minimum absolute atomic E-state index is 0.0208. The third kappa shape index (κ3) is 4.52. The average Bonchev–Trinajstić information content (AvgIpc) is 2.99. The van der Waals surface area contributed by atoms with Crippen molar-refractivity contribution in [1.29, 1.82) is 0 Å². The van der Waals surface area contributed by atoms with Crippen LogP contribution in [0, 0.1) is 0 Å². The number of aliphatic hydroxyl groups is 1. The Labute approximate surface area is 175 Å². The molecule has 1 aromatic carbocycles. The maximum absolute atomic E-state index is 12.9. The summed E-state index contributed by atoms with van der Waals surface area (Å²) in [6.07, 6.45) is 3.81. The monoisotopic (exact) mass is 410 g/mol. The zero-order chi connectivity index (χ0) is 21.7. The van der Waals surface area contributed by atoms with Gasteiger partial charge in [-0.05, 0) is 56.2 Å². The van der Waals surface area contributed by atoms with E-state index in [1.807, 2.05) is 13.8 Å². The van der Waals surface area contributed by atoms with Crippen molar-refractivity contribution in [2.75, 3.05) is 20.3 Å². The minimum atomic E-state index is -0.707. The lowest BCUT2D eigenvalue weighted by Gasteiger charge is -2.25. The SMILES string of the molecule is COCCCN1C(=O)C(=O)C(=C(O)c2ccc(OC(C)C)cc2)[C@H]1c1cccnc1. The summed E-state index contributed by atoms with van der Waals surface area (Å²) in [7, 11) is 1.58. The Morgan fingerprint density at radius 1 is 1.20 bits per heavy atom. The quantitative estimate of drug-likeness (QED) is 0.311. The summed E-state index contributed by atoms with van der Waals surface area (Å²) in [4.78, 5) is 31.2. The summed E-state index contributed by atoms with van der Waals surface area (Å²) in [5.41, 5.74) is 1.16. The van der Waals surface area contributed by atoms with Crippen LogP contribution < -0.4 is 4.74 Å². The van der Waals surface area contributed by atoms with E-state index < -0.39 is 17.7 Å². The van der Waals surface area contributed by atoms with E-state index in [0.717, 1.165) is 0 Å². The van der Waals surface area contributed by atoms with E-state index in [-0.39, 0.29) is 17.4 Å². The molecule has 0 unspecified atom stereocenters. The van der Waals surface area contributed by atoms with Crippen molar-refractivity contribution in [1.82, 2.24) is 9.88 Å². The number of pyridine rings is 1. The number of methoxy groups -OCH3 is 1. The zero-order valence-electron chi connectivity index (χ0n) is 17.4. The second-order valence-corrected chi connectivity index (χ2v) is 7.32. The molecule has 1 saturated heterocycles. The van der Waals surface area contributed by atoms with E-state index in [1.54, 1.807) is 55.9 Å². The first-order valence-electron chi connectivity index (χ1n) is 9.88. The number of aromatic nitrogens is 1. The van der Waals surface area contributed by atoms with Gasteiger partial charge in [0.15, 0.2) is 0 Å². The predicted molar refractivity (Wildman–Crippen MR) is 112 cm³/mol. The highest BCUT2D eigenvalue weighted by Crippen LogP contribution is 2.39. The van der Waals surface area contributed by atoms with Crippen LogP contribution in [-0.4, -0.2) is 53.0 Å². The molecule has 0 saturated carbocycles. The number of aliphatic hydroxyl groups excluding tert-OH is 1. The van der Waals surface area contributed by atoms with Crippen LogP contribution in [0.15, 0.2) is 54.4 Å². The molecule has 2 heterocycles. The molecule has 2 aromatic rings. The molecule has 0 aliphatic carbocycles. The number of likely N-dealkylation sites (tertiary alicyclic amines) is 1. The van der Waals surface area contributed by atoms with E-state index in [1.165, 1.54) is 4.90 Å². The van der Waals surface area contributed by atoms with Gasteiger partial charge in [0.2, 0.25) is 0 Å². The minimum Gasteiger partial charge on any atom is -0.507 e. The topological polar surface area (TPSA) is 89.0 Å². The van der Waals surface area contributed by atoms with Gasteiger partial charge >= 0.3 is 0 Å². The van der Waals surface area contributed by atoms with Crippen LogP contribution in [0.5, 0.6) is 5.75 Å². The standard InChI is InChI=1S/C23H26N2O5/c1-15(2)30-18-9-7-16(8-10-18)21(26)19-20(17-6-4-11-24-14-17)25(12-5-13-29-3)23(28)22(19)27/h4,6-11,14-15,20,26H,5,12-13H2,1-3H3/t20-/m1/s1. The lowest BCUT2D eigenvalue weighted by atomic mass is 9.96. The van der Waals surface area contributed by atoms with Crippen molar-refractivity contribution in [3.63, 3.8) is 0 Å². The van der Waals surface area contributed by atoms with Crippen molar-refractivity contribution in [2.45, 2.75) is 32.4 Å². The highest BCUT2D eigenvalue weighted by atomic mass is 16.5. The Kier molecular flexibility index (Phi) is 6.84. The molecule has 0 radical (unpaired) electrons. The molecule has 1 amide bonds. The van der Waals surface area contributed by atoms with Gasteiger partial charge < -0.3 is 19.5 Å². The number of nitrogens with zero attached hydrogens (tertiary/aromatic N) is 2. The molecular weight excluding hydrogens is 384 g/mol. The van der Waals surface area contributed by atoms with Crippen molar-refractivity contribution < 1.29 is 24.2 Å². The molecule has 1 N–H and O–H groups in total. The molecule has 1 atom stereocenters. The molecule has 1 aliphatic rings. The van der Waals surface area contributed by atoms with E-state index in [4.69, 9.17) is 9.47 Å². The largest absolute Gasteiger partial charge is 0.507 e. The fraction of sp³-hybridized carbons (Fsp3) is 0.348. The summed E-state index contributed by atoms with van der Waals surface area (Å²) >= 11 is 0. The van der Waals surface area contributed by atoms with Gasteiger partial charge in [-0.1, -0.05) is 6.07 Å². The Morgan fingerprint density at radius 3 is 2.53 bits per heavy atom. The third-order valence-electron chi connectivity index (χ3n) is 4.79. The lowest BCUT2D eigenvalue weighted by molar-refractivity contribution is -0.140. The van der Waals surface area contributed by atoms with Gasteiger partial charge in [0.1, 0.15) is 11.5 Å². The van der Waals surface area contributed by atoms with Crippen molar-refractivity contribution in [2.24, 2.45) is 0 Å². The van der Waals surface area contributed by atoms with Gasteiger partial charge in [-0.25, -0.2) is 0 Å². The maximum Gasteiger partial charge on any atom is 0.295 e. The third-order valence-corrected chi connectivity index (χ3v) is 4.79. The molecule has 1 fully saturated rings. The first-order chi connectivity index (χ1) is 14.4. The summed E-state index contributed by atoms with van der Waals surface area (Å²) in [5, 5.41) is 11.0. The highest BCUT2D eigenvalue weighted by Gasteiger charge is 2.45. The van der Waals surface area contributed by atoms with E-state index in [9.17, 15) is 14.7 Å². The van der Waals surface area contributed by atoms with Gasteiger partial charge in [0.25, 0.3) is 11.7 Å². The number of Topliss-reactive ketones (excluding diaryl/α,β-unsaturated/α-hetero) is 1. The molecule has 158 valence electrons. The Morgan fingerprint density at radius 2 is 1.93 bits per heavy atom. The van der Waals surface area contributed by atoms with E-state index in [2.05, 4.69) is 4.98 Å². The van der Waals surface area contributed by atoms with Crippen molar-refractivity contribution >= 4 is 17.4 Å². The molecule has 1 aliphatic heterocycles.